The van der Waals surface area contributed by atoms with E-state index in [-0.39, 0.29) is 5.96 Å². The number of rotatable bonds is 7. The highest BCUT2D eigenvalue weighted by molar-refractivity contribution is 5.81. The van der Waals surface area contributed by atoms with E-state index < -0.39 is 24.0 Å². The number of aliphatic imine (C=N–C) groups is 1. The molecule has 2 aromatic carbocycles. The zero-order valence-electron chi connectivity index (χ0n) is 19.0. The number of nitrogens with two attached hydrogens (primary N) is 1. The molecular formula is C23H29N5O5. The van der Waals surface area contributed by atoms with E-state index in [4.69, 9.17) is 24.7 Å². The number of benzene rings is 2. The summed E-state index contributed by atoms with van der Waals surface area (Å²) in [6.07, 6.45) is -0.235. The van der Waals surface area contributed by atoms with Crippen LogP contribution >= 0.6 is 0 Å². The molecule has 0 saturated carbocycles. The summed E-state index contributed by atoms with van der Waals surface area (Å²) in [5.41, 5.74) is 6.79. The molecule has 0 aromatic heterocycles. The van der Waals surface area contributed by atoms with Crippen LogP contribution in [0.1, 0.15) is 24.1 Å². The van der Waals surface area contributed by atoms with Gasteiger partial charge >= 0.3 is 0 Å². The standard InChI is InChI=1S/C23H29N5O5/c1-23(21(31-3)32-4)20(29)19(17-11-15(25)7-10-18(17)33-23)28-22(27-13-24)26-12-14-5-8-16(30-2)9-6-14/h5-11,19-21,29H,12,25H2,1-4H3,(H2,26,27,28). The molecule has 3 atom stereocenters. The van der Waals surface area contributed by atoms with Crippen LogP contribution in [0.3, 0.4) is 0 Å². The Bertz CT molecular complexity index is 1020. The number of hydrogen-bond donors (Lipinski definition) is 4. The van der Waals surface area contributed by atoms with Crippen molar-refractivity contribution in [2.75, 3.05) is 27.1 Å². The number of nitrogens with zero attached hydrogens (tertiary/aromatic N) is 2. The maximum atomic E-state index is 11.4. The summed E-state index contributed by atoms with van der Waals surface area (Å²) in [6.45, 7) is 2.08. The molecule has 3 unspecified atom stereocenters. The summed E-state index contributed by atoms with van der Waals surface area (Å²) in [4.78, 5) is 3.86. The first-order chi connectivity index (χ1) is 15.9. The SMILES string of the molecule is COc1ccc(CNC(=NC#N)NC2c3cc(N)ccc3OC(C)(C(OC)OC)C2O)cc1. The monoisotopic (exact) mass is 455 g/mol. The van der Waals surface area contributed by atoms with Gasteiger partial charge in [0, 0.05) is 32.0 Å². The van der Waals surface area contributed by atoms with E-state index in [0.717, 1.165) is 11.3 Å². The molecule has 0 spiro atoms. The molecule has 3 rings (SSSR count). The highest BCUT2D eigenvalue weighted by Gasteiger charge is 2.52. The van der Waals surface area contributed by atoms with Gasteiger partial charge in [0.1, 0.15) is 17.6 Å². The fourth-order valence-electron chi connectivity index (χ4n) is 3.86. The predicted octanol–water partition coefficient (Wildman–Crippen LogP) is 1.67. The van der Waals surface area contributed by atoms with E-state index in [2.05, 4.69) is 15.6 Å². The van der Waals surface area contributed by atoms with E-state index >= 15 is 0 Å². The third kappa shape index (κ3) is 5.12. The van der Waals surface area contributed by atoms with Crippen molar-refractivity contribution in [3.8, 4) is 17.7 Å². The average molecular weight is 456 g/mol. The first-order valence-corrected chi connectivity index (χ1v) is 10.3. The minimum atomic E-state index is -1.27. The van der Waals surface area contributed by atoms with Crippen LogP contribution in [-0.4, -0.2) is 50.4 Å². The Morgan fingerprint density at radius 2 is 1.94 bits per heavy atom. The van der Waals surface area contributed by atoms with Gasteiger partial charge in [0.25, 0.3) is 0 Å². The molecule has 0 bridgehead atoms. The van der Waals surface area contributed by atoms with E-state index in [1.54, 1.807) is 38.4 Å². The van der Waals surface area contributed by atoms with Crippen molar-refractivity contribution >= 4 is 11.6 Å². The van der Waals surface area contributed by atoms with Crippen molar-refractivity contribution in [3.63, 3.8) is 0 Å². The summed E-state index contributed by atoms with van der Waals surface area (Å²) in [5, 5.41) is 26.8. The molecule has 176 valence electrons. The van der Waals surface area contributed by atoms with Crippen molar-refractivity contribution in [3.05, 3.63) is 53.6 Å². The van der Waals surface area contributed by atoms with Gasteiger partial charge in [-0.3, -0.25) is 0 Å². The lowest BCUT2D eigenvalue weighted by atomic mass is 9.84. The summed E-state index contributed by atoms with van der Waals surface area (Å²) in [5.74, 6) is 1.42. The zero-order valence-corrected chi connectivity index (χ0v) is 19.0. The largest absolute Gasteiger partial charge is 0.497 e. The van der Waals surface area contributed by atoms with Crippen LogP contribution < -0.4 is 25.8 Å². The van der Waals surface area contributed by atoms with Gasteiger partial charge in [0.2, 0.25) is 12.2 Å². The number of ether oxygens (including phenoxy) is 4. The lowest BCUT2D eigenvalue weighted by Crippen LogP contribution is -2.62. The van der Waals surface area contributed by atoms with Gasteiger partial charge < -0.3 is 40.4 Å². The van der Waals surface area contributed by atoms with Gasteiger partial charge in [-0.15, -0.1) is 4.99 Å². The molecule has 1 aliphatic heterocycles. The van der Waals surface area contributed by atoms with Crippen LogP contribution in [0.4, 0.5) is 5.69 Å². The first-order valence-electron chi connectivity index (χ1n) is 10.3. The molecule has 5 N–H and O–H groups in total. The van der Waals surface area contributed by atoms with Crippen LogP contribution in [0.2, 0.25) is 0 Å². The van der Waals surface area contributed by atoms with Crippen molar-refractivity contribution in [2.45, 2.75) is 37.5 Å². The molecular weight excluding hydrogens is 426 g/mol. The summed E-state index contributed by atoms with van der Waals surface area (Å²) < 4.78 is 22.1. The second-order valence-corrected chi connectivity index (χ2v) is 7.72. The predicted molar refractivity (Wildman–Crippen MR) is 122 cm³/mol. The fraction of sp³-hybridized carbons (Fsp3) is 0.391. The summed E-state index contributed by atoms with van der Waals surface area (Å²) in [6, 6.07) is 11.9. The molecule has 33 heavy (non-hydrogen) atoms. The average Bonchev–Trinajstić information content (AvgIpc) is 2.82. The molecule has 2 aromatic rings. The quantitative estimate of drug-likeness (QED) is 0.161. The number of anilines is 1. The van der Waals surface area contributed by atoms with E-state index in [0.29, 0.717) is 23.5 Å². The third-order valence-electron chi connectivity index (χ3n) is 5.57. The number of aliphatic hydroxyl groups is 1. The number of nitrogen functional groups attached to an aromatic ring is 1. The highest BCUT2D eigenvalue weighted by atomic mass is 16.7. The normalized spacial score (nSPS) is 22.2. The van der Waals surface area contributed by atoms with Gasteiger partial charge in [0.15, 0.2) is 11.9 Å². The van der Waals surface area contributed by atoms with Crippen molar-refractivity contribution < 1.29 is 24.1 Å². The molecule has 0 fully saturated rings. The smallest absolute Gasteiger partial charge is 0.209 e. The topological polar surface area (TPSA) is 143 Å². The molecule has 0 saturated heterocycles. The lowest BCUT2D eigenvalue weighted by Gasteiger charge is -2.46. The molecule has 1 heterocycles. The first kappa shape index (κ1) is 24.1. The Labute approximate surface area is 192 Å². The Hall–Kier alpha value is -3.52. The molecule has 0 amide bonds. The van der Waals surface area contributed by atoms with Crippen LogP contribution in [0.15, 0.2) is 47.5 Å². The van der Waals surface area contributed by atoms with Crippen LogP contribution in [0.5, 0.6) is 11.5 Å². The summed E-state index contributed by atoms with van der Waals surface area (Å²) >= 11 is 0. The Morgan fingerprint density at radius 1 is 1.24 bits per heavy atom. The minimum Gasteiger partial charge on any atom is -0.497 e. The minimum absolute atomic E-state index is 0.182. The van der Waals surface area contributed by atoms with Crippen LogP contribution in [0, 0.1) is 11.5 Å². The molecule has 0 aliphatic carbocycles. The summed E-state index contributed by atoms with van der Waals surface area (Å²) in [7, 11) is 4.54. The van der Waals surface area contributed by atoms with Gasteiger partial charge in [0.05, 0.1) is 13.2 Å². The van der Waals surface area contributed by atoms with Crippen molar-refractivity contribution in [2.24, 2.45) is 4.99 Å². The highest BCUT2D eigenvalue weighted by Crippen LogP contribution is 2.43. The number of guanidine groups is 1. The van der Waals surface area contributed by atoms with E-state index in [9.17, 15) is 10.4 Å². The van der Waals surface area contributed by atoms with Crippen molar-refractivity contribution in [1.82, 2.24) is 10.6 Å². The number of hydrogen-bond acceptors (Lipinski definition) is 8. The van der Waals surface area contributed by atoms with Gasteiger partial charge in [-0.25, -0.2) is 0 Å². The Balaban J connectivity index is 1.89. The molecule has 10 heteroatoms. The third-order valence-corrected chi connectivity index (χ3v) is 5.57. The van der Waals surface area contributed by atoms with Crippen LogP contribution in [-0.2, 0) is 16.0 Å². The fourth-order valence-corrected chi connectivity index (χ4v) is 3.86. The van der Waals surface area contributed by atoms with E-state index in [1.165, 1.54) is 14.2 Å². The van der Waals surface area contributed by atoms with Gasteiger partial charge in [-0.05, 0) is 42.8 Å². The zero-order chi connectivity index (χ0) is 24.0. The van der Waals surface area contributed by atoms with Crippen LogP contribution in [0.25, 0.3) is 0 Å². The van der Waals surface area contributed by atoms with Gasteiger partial charge in [-0.2, -0.15) is 5.26 Å². The van der Waals surface area contributed by atoms with Crippen molar-refractivity contribution in [1.29, 1.82) is 5.26 Å². The molecule has 0 radical (unpaired) electrons. The maximum Gasteiger partial charge on any atom is 0.209 e. The number of aliphatic hydroxyl groups excluding tert-OH is 1. The second-order valence-electron chi connectivity index (χ2n) is 7.72. The van der Waals surface area contributed by atoms with E-state index in [1.807, 2.05) is 24.3 Å². The maximum absolute atomic E-state index is 11.4. The number of fused-ring (bicyclic) bond motifs is 1. The second kappa shape index (κ2) is 10.4. The number of nitrogens with one attached hydrogen (secondary N) is 2. The Morgan fingerprint density at radius 3 is 2.55 bits per heavy atom. The molecule has 10 nitrogen and oxygen atoms in total. The number of methoxy groups -OCH3 is 3. The number of nitriles is 1. The molecule has 1 aliphatic rings. The Kier molecular flexibility index (Phi) is 7.60. The lowest BCUT2D eigenvalue weighted by molar-refractivity contribution is -0.238. The van der Waals surface area contributed by atoms with Gasteiger partial charge in [-0.1, -0.05) is 12.1 Å².